The van der Waals surface area contributed by atoms with E-state index in [1.54, 1.807) is 11.8 Å². The molecular weight excluding hydrogens is 180 g/mol. The van der Waals surface area contributed by atoms with Crippen molar-refractivity contribution in [3.8, 4) is 0 Å². The van der Waals surface area contributed by atoms with Crippen molar-refractivity contribution >= 4 is 11.8 Å². The summed E-state index contributed by atoms with van der Waals surface area (Å²) >= 11 is 1.75. The van der Waals surface area contributed by atoms with E-state index >= 15 is 0 Å². The van der Waals surface area contributed by atoms with Crippen molar-refractivity contribution < 1.29 is 6.11 Å². The third kappa shape index (κ3) is 1.05. The van der Waals surface area contributed by atoms with Gasteiger partial charge >= 0.3 is 0 Å². The van der Waals surface area contributed by atoms with E-state index in [-0.39, 0.29) is 5.91 Å². The highest BCUT2D eigenvalue weighted by molar-refractivity contribution is 7.99. The normalized spacial score (nSPS) is 58.9. The Labute approximate surface area is 86.0 Å². The molecule has 0 aromatic carbocycles. The minimum absolute atomic E-state index is 0.308. The summed E-state index contributed by atoms with van der Waals surface area (Å²) in [5.41, 5.74) is 0.556. The summed E-state index contributed by atoms with van der Waals surface area (Å²) in [5, 5.41) is 0.725. The maximum absolute atomic E-state index is 7.62. The van der Waals surface area contributed by atoms with Crippen LogP contribution in [0.25, 0.3) is 0 Å². The first-order chi connectivity index (χ1) is 6.59. The molecule has 4 rings (SSSR count). The van der Waals surface area contributed by atoms with Gasteiger partial charge in [0.05, 0.1) is 13.9 Å². The number of rotatable bonds is 0. The third-order valence-electron chi connectivity index (χ3n) is 4.64. The van der Waals surface area contributed by atoms with E-state index in [0.29, 0.717) is 5.41 Å². The minimum atomic E-state index is -0.308. The van der Waals surface area contributed by atoms with Crippen molar-refractivity contribution in [2.45, 2.75) is 31.9 Å². The smallest absolute Gasteiger partial charge is 0.0923 e. The van der Waals surface area contributed by atoms with Crippen LogP contribution in [-0.2, 0) is 4.74 Å². The molecule has 0 aromatic heterocycles. The standard InChI is InChI=1S/C11H18OS/c1-11(2)7-3-9(11)8-5-12-6-13-10(8)4-7/h7-10H,3-6H2,1-2H3/t7-,8+,9+,10+/m1/s1/i6D/t6-,7-,8+,9+,10+. The van der Waals surface area contributed by atoms with Crippen molar-refractivity contribution in [2.24, 2.45) is 23.2 Å². The van der Waals surface area contributed by atoms with E-state index < -0.39 is 0 Å². The van der Waals surface area contributed by atoms with E-state index in [9.17, 15) is 0 Å². The predicted molar refractivity (Wildman–Crippen MR) is 55.7 cm³/mol. The maximum atomic E-state index is 7.62. The molecule has 0 unspecified atom stereocenters. The highest BCUT2D eigenvalue weighted by Crippen LogP contribution is 2.63. The van der Waals surface area contributed by atoms with Crippen LogP contribution >= 0.6 is 11.8 Å². The van der Waals surface area contributed by atoms with Crippen LogP contribution in [0.3, 0.4) is 0 Å². The van der Waals surface area contributed by atoms with Gasteiger partial charge in [-0.05, 0) is 36.0 Å². The summed E-state index contributed by atoms with van der Waals surface area (Å²) in [6.45, 7) is 5.67. The summed E-state index contributed by atoms with van der Waals surface area (Å²) < 4.78 is 13.1. The number of thioether (sulfide) groups is 1. The molecule has 1 heterocycles. The summed E-state index contributed by atoms with van der Waals surface area (Å²) in [4.78, 5) is 0. The van der Waals surface area contributed by atoms with Crippen molar-refractivity contribution in [3.05, 3.63) is 0 Å². The molecule has 3 aliphatic carbocycles. The van der Waals surface area contributed by atoms with E-state index in [1.807, 2.05) is 0 Å². The molecule has 1 aliphatic heterocycles. The molecule has 4 fully saturated rings. The summed E-state index contributed by atoms with van der Waals surface area (Å²) in [5.74, 6) is 2.22. The quantitative estimate of drug-likeness (QED) is 0.593. The molecule has 2 bridgehead atoms. The Morgan fingerprint density at radius 3 is 3.08 bits per heavy atom. The molecule has 4 aliphatic rings. The van der Waals surface area contributed by atoms with Gasteiger partial charge in [0.25, 0.3) is 0 Å². The largest absolute Gasteiger partial charge is 0.371 e. The Hall–Kier alpha value is 0.310. The Morgan fingerprint density at radius 1 is 1.46 bits per heavy atom. The average molecular weight is 199 g/mol. The summed E-state index contributed by atoms with van der Waals surface area (Å²) in [6.07, 6.45) is 2.75. The molecule has 2 heteroatoms. The predicted octanol–water partition coefficient (Wildman–Crippen LogP) is 2.76. The third-order valence-corrected chi connectivity index (χ3v) is 5.78. The molecular formula is C11H18OS. The fourth-order valence-corrected chi connectivity index (χ4v) is 4.65. The van der Waals surface area contributed by atoms with E-state index in [1.165, 1.54) is 12.8 Å². The SMILES string of the molecule is [2H][C@@H]1OC[C@@H]2[C@H](C[C@H]3C[C@@H]2C3(C)C)S1. The van der Waals surface area contributed by atoms with Crippen LogP contribution in [0, 0.1) is 23.2 Å². The topological polar surface area (TPSA) is 9.23 Å². The van der Waals surface area contributed by atoms with Gasteiger partial charge in [0.2, 0.25) is 0 Å². The molecule has 5 atom stereocenters. The molecule has 13 heavy (non-hydrogen) atoms. The fraction of sp³-hybridized carbons (Fsp3) is 1.00. The molecule has 0 N–H and O–H groups in total. The second-order valence-electron chi connectivity index (χ2n) is 5.36. The highest BCUT2D eigenvalue weighted by atomic mass is 32.2. The summed E-state index contributed by atoms with van der Waals surface area (Å²) in [6, 6.07) is 0. The first kappa shape index (κ1) is 7.58. The van der Waals surface area contributed by atoms with Gasteiger partial charge in [-0.3, -0.25) is 0 Å². The van der Waals surface area contributed by atoms with Crippen LogP contribution in [0.2, 0.25) is 0 Å². The van der Waals surface area contributed by atoms with Crippen LogP contribution in [0.5, 0.6) is 0 Å². The van der Waals surface area contributed by atoms with Crippen LogP contribution in [0.15, 0.2) is 0 Å². The van der Waals surface area contributed by atoms with Gasteiger partial charge in [0.15, 0.2) is 0 Å². The molecule has 0 radical (unpaired) electrons. The van der Waals surface area contributed by atoms with Gasteiger partial charge in [-0.2, -0.15) is 0 Å². The molecule has 74 valence electrons. The van der Waals surface area contributed by atoms with Crippen LogP contribution in [0.4, 0.5) is 0 Å². The highest BCUT2D eigenvalue weighted by Gasteiger charge is 2.58. The van der Waals surface area contributed by atoms with Crippen LogP contribution in [-0.4, -0.2) is 17.8 Å². The molecule has 1 nitrogen and oxygen atoms in total. The lowest BCUT2D eigenvalue weighted by molar-refractivity contribution is -0.121. The van der Waals surface area contributed by atoms with Gasteiger partial charge < -0.3 is 4.74 Å². The van der Waals surface area contributed by atoms with E-state index in [2.05, 4.69) is 13.8 Å². The second kappa shape index (κ2) is 2.66. The minimum Gasteiger partial charge on any atom is -0.371 e. The lowest BCUT2D eigenvalue weighted by Crippen LogP contribution is -2.58. The number of hydrogen-bond acceptors (Lipinski definition) is 2. The zero-order chi connectivity index (χ0) is 9.92. The van der Waals surface area contributed by atoms with Gasteiger partial charge in [-0.25, -0.2) is 0 Å². The maximum Gasteiger partial charge on any atom is 0.0923 e. The zero-order valence-corrected chi connectivity index (χ0v) is 9.14. The Balaban J connectivity index is 1.79. The molecule has 0 amide bonds. The number of ether oxygens (including phenoxy) is 1. The van der Waals surface area contributed by atoms with Crippen LogP contribution < -0.4 is 0 Å². The lowest BCUT2D eigenvalue weighted by Gasteiger charge is -2.63. The fourth-order valence-electron chi connectivity index (χ4n) is 3.54. The molecule has 1 saturated heterocycles. The summed E-state index contributed by atoms with van der Waals surface area (Å²) in [7, 11) is 0. The van der Waals surface area contributed by atoms with Gasteiger partial charge in [0, 0.05) is 5.25 Å². The molecule has 0 aromatic rings. The van der Waals surface area contributed by atoms with E-state index in [4.69, 9.17) is 6.11 Å². The first-order valence-electron chi connectivity index (χ1n) is 5.86. The number of hydrogen-bond donors (Lipinski definition) is 0. The van der Waals surface area contributed by atoms with Crippen molar-refractivity contribution in [2.75, 3.05) is 12.5 Å². The Morgan fingerprint density at radius 2 is 2.31 bits per heavy atom. The Bertz CT molecular complexity index is 256. The lowest BCUT2D eigenvalue weighted by atomic mass is 9.45. The first-order valence-corrected chi connectivity index (χ1v) is 6.22. The zero-order valence-electron chi connectivity index (χ0n) is 9.32. The average Bonchev–Trinajstić information content (AvgIpc) is 2.16. The van der Waals surface area contributed by atoms with Crippen LogP contribution in [0.1, 0.15) is 28.1 Å². The van der Waals surface area contributed by atoms with Gasteiger partial charge in [-0.15, -0.1) is 11.8 Å². The second-order valence-corrected chi connectivity index (χ2v) is 6.43. The monoisotopic (exact) mass is 199 g/mol. The molecule has 0 spiro atoms. The molecule has 3 saturated carbocycles. The van der Waals surface area contributed by atoms with Gasteiger partial charge in [0.1, 0.15) is 0 Å². The van der Waals surface area contributed by atoms with Crippen molar-refractivity contribution in [1.82, 2.24) is 0 Å². The van der Waals surface area contributed by atoms with E-state index in [0.717, 1.165) is 29.6 Å². The van der Waals surface area contributed by atoms with Crippen molar-refractivity contribution in [1.29, 1.82) is 0 Å². The van der Waals surface area contributed by atoms with Gasteiger partial charge in [-0.1, -0.05) is 13.8 Å². The Kier molecular flexibility index (Phi) is 1.55. The van der Waals surface area contributed by atoms with Crippen molar-refractivity contribution in [3.63, 3.8) is 0 Å².